The number of ether oxygens (including phenoxy) is 3. The lowest BCUT2D eigenvalue weighted by Gasteiger charge is -2.09. The molecule has 0 atom stereocenters. The predicted octanol–water partition coefficient (Wildman–Crippen LogP) is 2.67. The van der Waals surface area contributed by atoms with Crippen molar-refractivity contribution in [3.8, 4) is 5.75 Å². The van der Waals surface area contributed by atoms with Crippen LogP contribution >= 0.6 is 0 Å². The van der Waals surface area contributed by atoms with Crippen molar-refractivity contribution in [2.75, 3.05) is 40.1 Å². The first-order valence-corrected chi connectivity index (χ1v) is 8.74. The van der Waals surface area contributed by atoms with Crippen LogP contribution in [0.3, 0.4) is 0 Å². The molecule has 0 bridgehead atoms. The lowest BCUT2D eigenvalue weighted by Crippen LogP contribution is -2.22. The van der Waals surface area contributed by atoms with Gasteiger partial charge in [0.2, 0.25) is 5.91 Å². The molecule has 138 valence electrons. The molecule has 1 aromatic heterocycles. The number of methoxy groups -OCH3 is 1. The number of aromatic nitrogens is 1. The molecule has 4 rings (SSSR count). The molecule has 0 saturated carbocycles. The third-order valence-corrected chi connectivity index (χ3v) is 3.90. The van der Waals surface area contributed by atoms with Gasteiger partial charge >= 0.3 is 0 Å². The summed E-state index contributed by atoms with van der Waals surface area (Å²) in [7, 11) is 1.66. The highest BCUT2D eigenvalue weighted by atomic mass is 16.5. The van der Waals surface area contributed by atoms with E-state index in [1.807, 2.05) is 24.4 Å². The summed E-state index contributed by atoms with van der Waals surface area (Å²) < 4.78 is 14.7. The lowest BCUT2D eigenvalue weighted by atomic mass is 10.1. The molecule has 1 aromatic carbocycles. The highest BCUT2D eigenvalue weighted by molar-refractivity contribution is 5.84. The molecule has 2 aliphatic rings. The normalized spacial score (nSPS) is 14.8. The van der Waals surface area contributed by atoms with Crippen LogP contribution in [-0.2, 0) is 20.7 Å². The number of carbonyl (C=O) groups excluding carboxylic acids is 1. The fourth-order valence-electron chi connectivity index (χ4n) is 2.15. The van der Waals surface area contributed by atoms with Gasteiger partial charge in [0, 0.05) is 57.0 Å². The summed E-state index contributed by atoms with van der Waals surface area (Å²) in [4.78, 5) is 14.0. The average Bonchev–Trinajstić information content (AvgIpc) is 2.86. The Morgan fingerprint density at radius 1 is 1.20 bits per heavy atom. The van der Waals surface area contributed by atoms with Crippen LogP contribution in [0.25, 0.3) is 10.9 Å². The van der Waals surface area contributed by atoms with Crippen molar-refractivity contribution in [1.82, 2.24) is 10.3 Å². The van der Waals surface area contributed by atoms with E-state index in [4.69, 9.17) is 14.2 Å². The summed E-state index contributed by atoms with van der Waals surface area (Å²) in [5.74, 6) is 0.847. The van der Waals surface area contributed by atoms with E-state index in [1.54, 1.807) is 7.11 Å². The summed E-state index contributed by atoms with van der Waals surface area (Å²) in [5.41, 5.74) is 2.27. The molecule has 2 fully saturated rings. The number of hydrogen-bond donors (Lipinski definition) is 2. The van der Waals surface area contributed by atoms with Gasteiger partial charge in [0.05, 0.1) is 7.11 Å². The molecule has 0 aliphatic carbocycles. The minimum absolute atomic E-state index is 0.00224. The second-order valence-electron chi connectivity index (χ2n) is 5.89. The Hall–Kier alpha value is -2.05. The Kier molecular flexibility index (Phi) is 8.28. The fraction of sp³-hybridized carbons (Fsp3) is 0.526. The van der Waals surface area contributed by atoms with E-state index < -0.39 is 0 Å². The molecule has 2 aromatic rings. The summed E-state index contributed by atoms with van der Waals surface area (Å²) >= 11 is 0. The number of rotatable bonds is 4. The van der Waals surface area contributed by atoms with Gasteiger partial charge in [-0.3, -0.25) is 4.79 Å². The van der Waals surface area contributed by atoms with E-state index >= 15 is 0 Å². The number of nitrogens with one attached hydrogen (secondary N) is 2. The largest absolute Gasteiger partial charge is 0.497 e. The molecule has 25 heavy (non-hydrogen) atoms. The zero-order valence-electron chi connectivity index (χ0n) is 15.1. The van der Waals surface area contributed by atoms with Crippen LogP contribution in [0, 0.1) is 0 Å². The number of fused-ring (bicyclic) bond motifs is 1. The molecule has 6 nitrogen and oxygen atoms in total. The number of amides is 1. The Morgan fingerprint density at radius 3 is 2.28 bits per heavy atom. The third kappa shape index (κ3) is 6.76. The second kappa shape index (κ2) is 10.7. The standard InChI is InChI=1S/C13H16N2O2.2C3H6O/c1-9(16)14-6-5-10-8-15-13-4-3-11(17-2)7-12(10)13;2*1-2-4-3-1/h3-4,7-8,15H,5-6H2,1-2H3,(H,14,16);2*1-3H2. The first-order chi connectivity index (χ1) is 12.2. The minimum atomic E-state index is 0.00224. The quantitative estimate of drug-likeness (QED) is 0.891. The summed E-state index contributed by atoms with van der Waals surface area (Å²) in [6.45, 7) is 6.18. The molecule has 1 amide bonds. The molecular formula is C19H28N2O4. The lowest BCUT2D eigenvalue weighted by molar-refractivity contribution is -0.118. The Morgan fingerprint density at radius 2 is 1.80 bits per heavy atom. The zero-order chi connectivity index (χ0) is 17.9. The molecule has 6 heteroatoms. The van der Waals surface area contributed by atoms with Gasteiger partial charge in [0.25, 0.3) is 0 Å². The van der Waals surface area contributed by atoms with Gasteiger partial charge in [-0.05, 0) is 43.0 Å². The van der Waals surface area contributed by atoms with Crippen LogP contribution in [-0.4, -0.2) is 51.0 Å². The van der Waals surface area contributed by atoms with Crippen molar-refractivity contribution in [2.24, 2.45) is 0 Å². The molecule has 0 unspecified atom stereocenters. The van der Waals surface area contributed by atoms with Crippen molar-refractivity contribution in [2.45, 2.75) is 26.2 Å². The highest BCUT2D eigenvalue weighted by Crippen LogP contribution is 2.23. The van der Waals surface area contributed by atoms with E-state index in [0.717, 1.165) is 49.5 Å². The number of carbonyl (C=O) groups is 1. The van der Waals surface area contributed by atoms with Crippen LogP contribution < -0.4 is 10.1 Å². The van der Waals surface area contributed by atoms with Gasteiger partial charge in [0.15, 0.2) is 0 Å². The van der Waals surface area contributed by atoms with Crippen LogP contribution in [0.4, 0.5) is 0 Å². The molecule has 0 spiro atoms. The van der Waals surface area contributed by atoms with E-state index in [1.165, 1.54) is 25.3 Å². The number of benzene rings is 1. The summed E-state index contributed by atoms with van der Waals surface area (Å²) in [6.07, 6.45) is 5.35. The summed E-state index contributed by atoms with van der Waals surface area (Å²) in [6, 6.07) is 5.93. The predicted molar refractivity (Wildman–Crippen MR) is 98.1 cm³/mol. The van der Waals surface area contributed by atoms with Crippen LogP contribution in [0.5, 0.6) is 5.75 Å². The Labute approximate surface area is 148 Å². The zero-order valence-corrected chi connectivity index (χ0v) is 15.1. The van der Waals surface area contributed by atoms with Crippen molar-refractivity contribution in [1.29, 1.82) is 0 Å². The van der Waals surface area contributed by atoms with Gasteiger partial charge < -0.3 is 24.5 Å². The van der Waals surface area contributed by atoms with E-state index in [2.05, 4.69) is 10.3 Å². The van der Waals surface area contributed by atoms with Crippen LogP contribution in [0.15, 0.2) is 24.4 Å². The Balaban J connectivity index is 0.000000228. The van der Waals surface area contributed by atoms with E-state index in [-0.39, 0.29) is 5.91 Å². The average molecular weight is 348 g/mol. The smallest absolute Gasteiger partial charge is 0.216 e. The Bertz CT molecular complexity index is 630. The van der Waals surface area contributed by atoms with Crippen molar-refractivity contribution in [3.05, 3.63) is 30.0 Å². The molecule has 2 saturated heterocycles. The van der Waals surface area contributed by atoms with Crippen LogP contribution in [0.2, 0.25) is 0 Å². The van der Waals surface area contributed by atoms with Gasteiger partial charge in [0.1, 0.15) is 5.75 Å². The van der Waals surface area contributed by atoms with E-state index in [9.17, 15) is 4.79 Å². The third-order valence-electron chi connectivity index (χ3n) is 3.90. The van der Waals surface area contributed by atoms with Crippen molar-refractivity contribution < 1.29 is 19.0 Å². The van der Waals surface area contributed by atoms with Gasteiger partial charge in [-0.15, -0.1) is 0 Å². The van der Waals surface area contributed by atoms with E-state index in [0.29, 0.717) is 6.54 Å². The van der Waals surface area contributed by atoms with Crippen molar-refractivity contribution >= 4 is 16.8 Å². The monoisotopic (exact) mass is 348 g/mol. The van der Waals surface area contributed by atoms with Gasteiger partial charge in [-0.2, -0.15) is 0 Å². The van der Waals surface area contributed by atoms with Gasteiger partial charge in [-0.1, -0.05) is 0 Å². The number of aromatic amines is 1. The first-order valence-electron chi connectivity index (χ1n) is 8.74. The second-order valence-corrected chi connectivity index (χ2v) is 5.89. The fourth-order valence-corrected chi connectivity index (χ4v) is 2.15. The van der Waals surface area contributed by atoms with Crippen molar-refractivity contribution in [3.63, 3.8) is 0 Å². The van der Waals surface area contributed by atoms with Crippen LogP contribution in [0.1, 0.15) is 25.3 Å². The maximum atomic E-state index is 10.8. The number of H-pyrrole nitrogens is 1. The summed E-state index contributed by atoms with van der Waals surface area (Å²) in [5, 5.41) is 3.94. The molecule has 2 N–H and O–H groups in total. The molecular weight excluding hydrogens is 320 g/mol. The SMILES string of the molecule is C1COC1.C1COC1.COc1ccc2[nH]cc(CCNC(C)=O)c2c1. The number of hydrogen-bond acceptors (Lipinski definition) is 4. The molecule has 3 heterocycles. The maximum absolute atomic E-state index is 10.8. The maximum Gasteiger partial charge on any atom is 0.216 e. The first kappa shape index (κ1) is 19.3. The highest BCUT2D eigenvalue weighted by Gasteiger charge is 2.05. The molecule has 2 aliphatic heterocycles. The van der Waals surface area contributed by atoms with Gasteiger partial charge in [-0.25, -0.2) is 0 Å². The topological polar surface area (TPSA) is 72.6 Å². The molecule has 0 radical (unpaired) electrons. The minimum Gasteiger partial charge on any atom is -0.497 e.